The number of carbonyl (C=O) groups excluding carboxylic acids is 1. The summed E-state index contributed by atoms with van der Waals surface area (Å²) < 4.78 is 43.7. The van der Waals surface area contributed by atoms with E-state index in [4.69, 9.17) is 9.57 Å². The lowest BCUT2D eigenvalue weighted by Crippen LogP contribution is -2.41. The van der Waals surface area contributed by atoms with E-state index in [9.17, 15) is 28.1 Å². The van der Waals surface area contributed by atoms with Gasteiger partial charge in [-0.05, 0) is 45.7 Å². The average Bonchev–Trinajstić information content (AvgIpc) is 2.58. The van der Waals surface area contributed by atoms with Crippen LogP contribution in [0, 0.1) is 21.4 Å². The van der Waals surface area contributed by atoms with Gasteiger partial charge in [0.15, 0.2) is 5.75 Å². The number of benzene rings is 1. The van der Waals surface area contributed by atoms with Gasteiger partial charge in [-0.15, -0.1) is 5.06 Å². The Balaban J connectivity index is 2.01. The molecule has 0 radical (unpaired) electrons. The van der Waals surface area contributed by atoms with Gasteiger partial charge in [0.25, 0.3) is 0 Å². The van der Waals surface area contributed by atoms with Gasteiger partial charge in [0, 0.05) is 25.1 Å². The molecule has 0 aliphatic carbocycles. The van der Waals surface area contributed by atoms with Crippen molar-refractivity contribution >= 4 is 11.7 Å². The van der Waals surface area contributed by atoms with Gasteiger partial charge in [0.2, 0.25) is 0 Å². The fraction of sp³-hybridized carbons (Fsp3) is 0.611. The number of piperidine rings is 1. The highest BCUT2D eigenvalue weighted by Gasteiger charge is 2.34. The molecule has 0 unspecified atom stereocenters. The van der Waals surface area contributed by atoms with Crippen molar-refractivity contribution in [2.24, 2.45) is 11.3 Å². The zero-order valence-electron chi connectivity index (χ0n) is 15.9. The molecule has 10 heteroatoms. The van der Waals surface area contributed by atoms with Gasteiger partial charge < -0.3 is 9.57 Å². The Hall–Kier alpha value is -2.36. The summed E-state index contributed by atoms with van der Waals surface area (Å²) in [6.07, 6.45) is -3.19. The van der Waals surface area contributed by atoms with E-state index in [1.807, 2.05) is 0 Å². The van der Waals surface area contributed by atoms with Crippen LogP contribution < -0.4 is 4.74 Å². The number of rotatable bonds is 5. The molecule has 1 saturated heterocycles. The van der Waals surface area contributed by atoms with Crippen LogP contribution in [0.1, 0.15) is 39.2 Å². The Morgan fingerprint density at radius 2 is 2.00 bits per heavy atom. The molecule has 1 fully saturated rings. The smallest absolute Gasteiger partial charge is 0.416 e. The fourth-order valence-electron chi connectivity index (χ4n) is 2.67. The monoisotopic (exact) mass is 404 g/mol. The fourth-order valence-corrected chi connectivity index (χ4v) is 2.67. The molecule has 1 aliphatic heterocycles. The average molecular weight is 404 g/mol. The van der Waals surface area contributed by atoms with Crippen LogP contribution in [0.5, 0.6) is 5.75 Å². The van der Waals surface area contributed by atoms with Gasteiger partial charge in [-0.1, -0.05) is 0 Å². The summed E-state index contributed by atoms with van der Waals surface area (Å²) >= 11 is 0. The summed E-state index contributed by atoms with van der Waals surface area (Å²) in [5.74, 6) is -0.669. The molecule has 0 amide bonds. The minimum absolute atomic E-state index is 0.0653. The standard InChI is InChI=1S/C18H23F3N2O5/c1-17(2,3)16(24)28-22-8-4-5-12(10-22)11-27-15-7-6-13(18(19,20)21)9-14(15)23(25)26/h6-7,9,12H,4-5,8,10-11H2,1-3H3/t12-/m0/s1. The van der Waals surface area contributed by atoms with Gasteiger partial charge in [0.05, 0.1) is 22.5 Å². The number of carbonyl (C=O) groups is 1. The van der Waals surface area contributed by atoms with Crippen LogP contribution >= 0.6 is 0 Å². The molecule has 0 saturated carbocycles. The van der Waals surface area contributed by atoms with E-state index in [2.05, 4.69) is 0 Å². The third kappa shape index (κ3) is 5.82. The minimum atomic E-state index is -4.68. The van der Waals surface area contributed by atoms with Crippen molar-refractivity contribution in [1.82, 2.24) is 5.06 Å². The maximum absolute atomic E-state index is 12.8. The second kappa shape index (κ2) is 8.34. The lowest BCUT2D eigenvalue weighted by atomic mass is 9.97. The predicted molar refractivity (Wildman–Crippen MR) is 93.4 cm³/mol. The lowest BCUT2D eigenvalue weighted by Gasteiger charge is -2.32. The van der Waals surface area contributed by atoms with Crippen LogP contribution in [-0.2, 0) is 15.8 Å². The summed E-state index contributed by atoms with van der Waals surface area (Å²) in [5.41, 5.74) is -2.49. The third-order valence-electron chi connectivity index (χ3n) is 4.26. The second-order valence-electron chi connectivity index (χ2n) is 7.77. The van der Waals surface area contributed by atoms with Crippen LogP contribution in [0.3, 0.4) is 0 Å². The Labute approximate surface area is 160 Å². The summed E-state index contributed by atoms with van der Waals surface area (Å²) in [4.78, 5) is 27.6. The van der Waals surface area contributed by atoms with Gasteiger partial charge >= 0.3 is 17.8 Å². The molecule has 1 aromatic rings. The Kier molecular flexibility index (Phi) is 6.53. The number of halogens is 3. The number of hydroxylamine groups is 2. The van der Waals surface area contributed by atoms with Crippen molar-refractivity contribution in [3.63, 3.8) is 0 Å². The first-order valence-electron chi connectivity index (χ1n) is 8.83. The molecule has 0 aromatic heterocycles. The lowest BCUT2D eigenvalue weighted by molar-refractivity contribution is -0.386. The highest BCUT2D eigenvalue weighted by atomic mass is 19.4. The van der Waals surface area contributed by atoms with Crippen molar-refractivity contribution in [2.75, 3.05) is 19.7 Å². The number of nitro groups is 1. The molecule has 0 spiro atoms. The first-order valence-corrected chi connectivity index (χ1v) is 8.83. The van der Waals surface area contributed by atoms with Gasteiger partial charge in [-0.2, -0.15) is 13.2 Å². The molecule has 156 valence electrons. The zero-order valence-corrected chi connectivity index (χ0v) is 15.9. The number of hydrogen-bond acceptors (Lipinski definition) is 6. The van der Waals surface area contributed by atoms with Crippen LogP contribution in [-0.4, -0.2) is 35.7 Å². The Morgan fingerprint density at radius 3 is 2.57 bits per heavy atom. The van der Waals surface area contributed by atoms with E-state index in [-0.39, 0.29) is 24.2 Å². The Bertz CT molecular complexity index is 731. The maximum atomic E-state index is 12.8. The molecule has 28 heavy (non-hydrogen) atoms. The van der Waals surface area contributed by atoms with E-state index < -0.39 is 27.8 Å². The van der Waals surface area contributed by atoms with Crippen molar-refractivity contribution in [1.29, 1.82) is 0 Å². The van der Waals surface area contributed by atoms with E-state index >= 15 is 0 Å². The van der Waals surface area contributed by atoms with Crippen LogP contribution in [0.4, 0.5) is 18.9 Å². The van der Waals surface area contributed by atoms with E-state index in [0.29, 0.717) is 19.2 Å². The molecule has 2 rings (SSSR count). The first kappa shape index (κ1) is 21.9. The second-order valence-corrected chi connectivity index (χ2v) is 7.77. The normalized spacial score (nSPS) is 18.6. The molecule has 1 atom stereocenters. The molecule has 1 aliphatic rings. The highest BCUT2D eigenvalue weighted by Crippen LogP contribution is 2.36. The van der Waals surface area contributed by atoms with E-state index in [1.54, 1.807) is 20.8 Å². The largest absolute Gasteiger partial charge is 0.486 e. The van der Waals surface area contributed by atoms with Gasteiger partial charge in [-0.3, -0.25) is 10.1 Å². The molecule has 1 heterocycles. The molecular weight excluding hydrogens is 381 g/mol. The molecule has 1 aromatic carbocycles. The summed E-state index contributed by atoms with van der Waals surface area (Å²) in [5, 5.41) is 12.6. The van der Waals surface area contributed by atoms with Crippen molar-refractivity contribution in [2.45, 2.75) is 39.8 Å². The topological polar surface area (TPSA) is 81.9 Å². The van der Waals surface area contributed by atoms with Crippen molar-refractivity contribution in [3.05, 3.63) is 33.9 Å². The summed E-state index contributed by atoms with van der Waals surface area (Å²) in [6.45, 7) is 6.24. The number of ether oxygens (including phenoxy) is 1. The number of alkyl halides is 3. The van der Waals surface area contributed by atoms with Crippen LogP contribution in [0.25, 0.3) is 0 Å². The molecule has 7 nitrogen and oxygen atoms in total. The quantitative estimate of drug-likeness (QED) is 0.540. The highest BCUT2D eigenvalue weighted by molar-refractivity contribution is 5.75. The van der Waals surface area contributed by atoms with Crippen molar-refractivity contribution < 1.29 is 32.5 Å². The third-order valence-corrected chi connectivity index (χ3v) is 4.26. The first-order chi connectivity index (χ1) is 12.9. The summed E-state index contributed by atoms with van der Waals surface area (Å²) in [7, 11) is 0. The molecule has 0 N–H and O–H groups in total. The van der Waals surface area contributed by atoms with E-state index in [1.165, 1.54) is 5.06 Å². The van der Waals surface area contributed by atoms with Gasteiger partial charge in [-0.25, -0.2) is 4.79 Å². The maximum Gasteiger partial charge on any atom is 0.416 e. The zero-order chi connectivity index (χ0) is 21.1. The number of nitrogens with zero attached hydrogens (tertiary/aromatic N) is 2. The van der Waals surface area contributed by atoms with Crippen LogP contribution in [0.15, 0.2) is 18.2 Å². The predicted octanol–water partition coefficient (Wildman–Crippen LogP) is 4.21. The minimum Gasteiger partial charge on any atom is -0.486 e. The molecule has 0 bridgehead atoms. The van der Waals surface area contributed by atoms with Crippen molar-refractivity contribution in [3.8, 4) is 5.75 Å². The SMILES string of the molecule is CC(C)(C)C(=O)ON1CCC[C@H](COc2ccc(C(F)(F)F)cc2[N+](=O)[O-])C1. The van der Waals surface area contributed by atoms with E-state index in [0.717, 1.165) is 25.0 Å². The van der Waals surface area contributed by atoms with Crippen LogP contribution in [0.2, 0.25) is 0 Å². The number of nitro benzene ring substituents is 1. The number of hydrogen-bond donors (Lipinski definition) is 0. The summed E-state index contributed by atoms with van der Waals surface area (Å²) in [6, 6.07) is 2.18. The Morgan fingerprint density at radius 1 is 1.32 bits per heavy atom. The molecular formula is C18H23F3N2O5. The van der Waals surface area contributed by atoms with Gasteiger partial charge in [0.1, 0.15) is 0 Å².